The molecule has 1 aromatic rings. The fourth-order valence-corrected chi connectivity index (χ4v) is 3.35. The molecule has 1 aliphatic heterocycles. The molecule has 2 aliphatic rings. The molecular weight excluding hydrogens is 236 g/mol. The quantitative estimate of drug-likeness (QED) is 0.874. The Morgan fingerprint density at radius 2 is 1.74 bits per heavy atom. The van der Waals surface area contributed by atoms with Crippen molar-refractivity contribution in [3.8, 4) is 0 Å². The van der Waals surface area contributed by atoms with Crippen molar-refractivity contribution in [1.29, 1.82) is 0 Å². The monoisotopic (exact) mass is 258 g/mol. The summed E-state index contributed by atoms with van der Waals surface area (Å²) < 4.78 is 0. The number of hydrogen-bond donors (Lipinski definition) is 1. The molecule has 3 nitrogen and oxygen atoms in total. The molecule has 1 saturated heterocycles. The Labute approximate surface area is 115 Å². The number of hydrogen-bond acceptors (Lipinski definition) is 2. The second-order valence-corrected chi connectivity index (χ2v) is 5.80. The first kappa shape index (κ1) is 12.7. The summed E-state index contributed by atoms with van der Waals surface area (Å²) in [6, 6.07) is 8.93. The van der Waals surface area contributed by atoms with Gasteiger partial charge in [0.05, 0.1) is 0 Å². The third-order valence-electron chi connectivity index (χ3n) is 4.61. The molecule has 1 aromatic carbocycles. The van der Waals surface area contributed by atoms with Crippen LogP contribution >= 0.6 is 0 Å². The smallest absolute Gasteiger partial charge is 0.225 e. The molecule has 102 valence electrons. The van der Waals surface area contributed by atoms with Crippen molar-refractivity contribution in [3.63, 3.8) is 0 Å². The van der Waals surface area contributed by atoms with Gasteiger partial charge in [-0.3, -0.25) is 4.79 Å². The number of benzene rings is 1. The van der Waals surface area contributed by atoms with Gasteiger partial charge in [-0.15, -0.1) is 0 Å². The molecule has 0 bridgehead atoms. The number of carbonyl (C=O) groups is 1. The molecule has 0 radical (unpaired) electrons. The van der Waals surface area contributed by atoms with Crippen LogP contribution in [0.4, 0.5) is 0 Å². The lowest BCUT2D eigenvalue weighted by molar-refractivity contribution is -0.137. The summed E-state index contributed by atoms with van der Waals surface area (Å²) >= 11 is 0. The molecule has 3 heteroatoms. The van der Waals surface area contributed by atoms with Gasteiger partial charge in [0.15, 0.2) is 0 Å². The zero-order valence-corrected chi connectivity index (χ0v) is 11.6. The van der Waals surface area contributed by atoms with Gasteiger partial charge in [0.25, 0.3) is 0 Å². The highest BCUT2D eigenvalue weighted by Crippen LogP contribution is 2.26. The highest BCUT2D eigenvalue weighted by molar-refractivity contribution is 5.79. The molecule has 1 amide bonds. The Bertz CT molecular complexity index is 441. The van der Waals surface area contributed by atoms with Crippen molar-refractivity contribution in [3.05, 3.63) is 35.4 Å². The Hall–Kier alpha value is -1.35. The van der Waals surface area contributed by atoms with Crippen molar-refractivity contribution >= 4 is 5.91 Å². The number of amides is 1. The van der Waals surface area contributed by atoms with E-state index in [1.165, 1.54) is 11.1 Å². The number of carbonyl (C=O) groups excluding carboxylic acids is 1. The molecule has 1 N–H and O–H groups in total. The van der Waals surface area contributed by atoms with E-state index in [-0.39, 0.29) is 5.92 Å². The normalized spacial score (nSPS) is 20.3. The van der Waals surface area contributed by atoms with Crippen LogP contribution in [0.3, 0.4) is 0 Å². The van der Waals surface area contributed by atoms with E-state index in [1.807, 2.05) is 11.9 Å². The van der Waals surface area contributed by atoms with Gasteiger partial charge in [-0.1, -0.05) is 24.3 Å². The van der Waals surface area contributed by atoms with Gasteiger partial charge in [0.2, 0.25) is 5.91 Å². The summed E-state index contributed by atoms with van der Waals surface area (Å²) in [6.45, 7) is 1.96. The summed E-state index contributed by atoms with van der Waals surface area (Å²) in [7, 11) is 1.99. The second-order valence-electron chi connectivity index (χ2n) is 5.80. The lowest BCUT2D eigenvalue weighted by Crippen LogP contribution is -2.44. The van der Waals surface area contributed by atoms with Gasteiger partial charge in [-0.05, 0) is 49.9 Å². The first-order chi connectivity index (χ1) is 9.25. The van der Waals surface area contributed by atoms with Gasteiger partial charge in [-0.25, -0.2) is 0 Å². The maximum atomic E-state index is 12.5. The van der Waals surface area contributed by atoms with Gasteiger partial charge in [0, 0.05) is 19.0 Å². The summed E-state index contributed by atoms with van der Waals surface area (Å²) in [4.78, 5) is 14.5. The number of fused-ring (bicyclic) bond motifs is 1. The number of nitrogens with zero attached hydrogens (tertiary/aromatic N) is 1. The SMILES string of the molecule is CN(C(=O)C1CCNCC1)C1Cc2ccccc2C1. The first-order valence-electron chi connectivity index (χ1n) is 7.30. The van der Waals surface area contributed by atoms with Crippen molar-refractivity contribution in [2.24, 2.45) is 5.92 Å². The van der Waals surface area contributed by atoms with Crippen molar-refractivity contribution in [2.45, 2.75) is 31.7 Å². The van der Waals surface area contributed by atoms with E-state index >= 15 is 0 Å². The molecule has 0 atom stereocenters. The maximum absolute atomic E-state index is 12.5. The first-order valence-corrected chi connectivity index (χ1v) is 7.30. The zero-order valence-electron chi connectivity index (χ0n) is 11.6. The van der Waals surface area contributed by atoms with Crippen LogP contribution < -0.4 is 5.32 Å². The average molecular weight is 258 g/mol. The molecule has 0 saturated carbocycles. The van der Waals surface area contributed by atoms with Crippen LogP contribution in [0.1, 0.15) is 24.0 Å². The minimum Gasteiger partial charge on any atom is -0.342 e. The maximum Gasteiger partial charge on any atom is 0.225 e. The van der Waals surface area contributed by atoms with Crippen molar-refractivity contribution < 1.29 is 4.79 Å². The van der Waals surface area contributed by atoms with Gasteiger partial charge in [0.1, 0.15) is 0 Å². The Kier molecular flexibility index (Phi) is 3.56. The molecule has 1 heterocycles. The lowest BCUT2D eigenvalue weighted by Gasteiger charge is -2.30. The molecule has 0 spiro atoms. The molecule has 0 unspecified atom stereocenters. The largest absolute Gasteiger partial charge is 0.342 e. The van der Waals surface area contributed by atoms with E-state index in [2.05, 4.69) is 29.6 Å². The van der Waals surface area contributed by atoms with Crippen molar-refractivity contribution in [2.75, 3.05) is 20.1 Å². The third-order valence-corrected chi connectivity index (χ3v) is 4.61. The van der Waals surface area contributed by atoms with Gasteiger partial charge < -0.3 is 10.2 Å². The molecule has 1 aliphatic carbocycles. The number of nitrogens with one attached hydrogen (secondary N) is 1. The topological polar surface area (TPSA) is 32.3 Å². The van der Waals surface area contributed by atoms with E-state index in [1.54, 1.807) is 0 Å². The molecule has 1 fully saturated rings. The van der Waals surface area contributed by atoms with Crippen LogP contribution in [0, 0.1) is 5.92 Å². The van der Waals surface area contributed by atoms with Crippen LogP contribution in [-0.4, -0.2) is 37.0 Å². The number of likely N-dealkylation sites (N-methyl/N-ethyl adjacent to an activating group) is 1. The van der Waals surface area contributed by atoms with Gasteiger partial charge in [-0.2, -0.15) is 0 Å². The van der Waals surface area contributed by atoms with E-state index in [4.69, 9.17) is 0 Å². The molecule has 19 heavy (non-hydrogen) atoms. The Morgan fingerprint density at radius 3 is 2.32 bits per heavy atom. The summed E-state index contributed by atoms with van der Waals surface area (Å²) in [6.07, 6.45) is 4.01. The minimum absolute atomic E-state index is 0.231. The van der Waals surface area contributed by atoms with Crippen molar-refractivity contribution in [1.82, 2.24) is 10.2 Å². The standard InChI is InChI=1S/C16H22N2O/c1-18(16(19)12-6-8-17-9-7-12)15-10-13-4-2-3-5-14(13)11-15/h2-5,12,15,17H,6-11H2,1H3. The number of rotatable bonds is 2. The predicted octanol–water partition coefficient (Wildman–Crippen LogP) is 1.61. The predicted molar refractivity (Wildman–Crippen MR) is 76.0 cm³/mol. The summed E-state index contributed by atoms with van der Waals surface area (Å²) in [5, 5.41) is 3.32. The third kappa shape index (κ3) is 2.52. The van der Waals surface area contributed by atoms with E-state index in [0.717, 1.165) is 38.8 Å². The zero-order chi connectivity index (χ0) is 13.2. The van der Waals surface area contributed by atoms with Crippen LogP contribution in [0.15, 0.2) is 24.3 Å². The Balaban J connectivity index is 1.65. The highest BCUT2D eigenvalue weighted by Gasteiger charge is 2.31. The molecule has 0 aromatic heterocycles. The van der Waals surface area contributed by atoms with Crippen LogP contribution in [0.2, 0.25) is 0 Å². The number of piperidine rings is 1. The fourth-order valence-electron chi connectivity index (χ4n) is 3.35. The van der Waals surface area contributed by atoms with Crippen LogP contribution in [-0.2, 0) is 17.6 Å². The molecule has 3 rings (SSSR count). The van der Waals surface area contributed by atoms with E-state index in [0.29, 0.717) is 11.9 Å². The molecular formula is C16H22N2O. The summed E-state index contributed by atoms with van der Waals surface area (Å²) in [5.41, 5.74) is 2.83. The highest BCUT2D eigenvalue weighted by atomic mass is 16.2. The van der Waals surface area contributed by atoms with Gasteiger partial charge >= 0.3 is 0 Å². The van der Waals surface area contributed by atoms with E-state index in [9.17, 15) is 4.79 Å². The second kappa shape index (κ2) is 5.33. The van der Waals surface area contributed by atoms with Crippen LogP contribution in [0.5, 0.6) is 0 Å². The van der Waals surface area contributed by atoms with E-state index < -0.39 is 0 Å². The van der Waals surface area contributed by atoms with Crippen LogP contribution in [0.25, 0.3) is 0 Å². The Morgan fingerprint density at radius 1 is 1.16 bits per heavy atom. The fraction of sp³-hybridized carbons (Fsp3) is 0.562. The minimum atomic E-state index is 0.231. The average Bonchev–Trinajstić information content (AvgIpc) is 2.90. The lowest BCUT2D eigenvalue weighted by atomic mass is 9.96. The summed E-state index contributed by atoms with van der Waals surface area (Å²) in [5.74, 6) is 0.578.